The lowest BCUT2D eigenvalue weighted by molar-refractivity contribution is 1.04. The highest BCUT2D eigenvalue weighted by Gasteiger charge is 2.32. The highest BCUT2D eigenvalue weighted by atomic mass is 15.0. The normalized spacial score (nSPS) is 14.1. The Morgan fingerprint density at radius 3 is 2.03 bits per heavy atom. The van der Waals surface area contributed by atoms with Crippen molar-refractivity contribution >= 4 is 21.8 Å². The van der Waals surface area contributed by atoms with Crippen LogP contribution < -0.4 is 0 Å². The minimum absolute atomic E-state index is 0.999. The molecule has 1 nitrogen and oxygen atoms in total. The predicted octanol–water partition coefficient (Wildman–Crippen LogP) is 7.83. The van der Waals surface area contributed by atoms with Crippen molar-refractivity contribution < 1.29 is 0 Å². The van der Waals surface area contributed by atoms with Crippen LogP contribution >= 0.6 is 0 Å². The Morgan fingerprint density at radius 1 is 0.529 bits per heavy atom. The molecule has 0 bridgehead atoms. The average Bonchev–Trinajstić information content (AvgIpc) is 3.54. The zero-order valence-electron chi connectivity index (χ0n) is 18.7. The van der Waals surface area contributed by atoms with Gasteiger partial charge in [-0.2, -0.15) is 0 Å². The fourth-order valence-electron chi connectivity index (χ4n) is 7.12. The van der Waals surface area contributed by atoms with Crippen molar-refractivity contribution in [1.82, 2.24) is 4.57 Å². The number of hydrogen-bond donors (Lipinski definition) is 0. The van der Waals surface area contributed by atoms with Crippen molar-refractivity contribution in [3.05, 3.63) is 124 Å². The van der Waals surface area contributed by atoms with Gasteiger partial charge in [0, 0.05) is 22.9 Å². The SMILES string of the molecule is c1ccc2c(c1)Cc1cc3c4c5c(ccc4n4c3c(c1-2)Cc1ccccc1-4)Cc1ccccc1-5. The first kappa shape index (κ1) is 17.4. The molecule has 1 aromatic heterocycles. The van der Waals surface area contributed by atoms with E-state index in [-0.39, 0.29) is 0 Å². The summed E-state index contributed by atoms with van der Waals surface area (Å²) in [6, 6.07) is 34.3. The van der Waals surface area contributed by atoms with E-state index in [9.17, 15) is 0 Å². The third-order valence-electron chi connectivity index (χ3n) is 8.42. The highest BCUT2D eigenvalue weighted by Crippen LogP contribution is 2.51. The van der Waals surface area contributed by atoms with Gasteiger partial charge in [-0.05, 0) is 86.7 Å². The second-order valence-corrected chi connectivity index (χ2v) is 10.1. The number of para-hydroxylation sites is 1. The molecule has 9 rings (SSSR count). The van der Waals surface area contributed by atoms with Gasteiger partial charge < -0.3 is 4.57 Å². The third-order valence-corrected chi connectivity index (χ3v) is 8.42. The van der Waals surface area contributed by atoms with E-state index < -0.39 is 0 Å². The van der Waals surface area contributed by atoms with Crippen molar-refractivity contribution in [3.8, 4) is 27.9 Å². The maximum Gasteiger partial charge on any atom is 0.0583 e. The number of aromatic nitrogens is 1. The predicted molar refractivity (Wildman–Crippen MR) is 140 cm³/mol. The summed E-state index contributed by atoms with van der Waals surface area (Å²) in [4.78, 5) is 0. The van der Waals surface area contributed by atoms with Crippen LogP contribution in [-0.4, -0.2) is 4.57 Å². The fraction of sp³-hybridized carbons (Fsp3) is 0.0909. The molecule has 0 saturated heterocycles. The summed E-state index contributed by atoms with van der Waals surface area (Å²) >= 11 is 0. The second kappa shape index (κ2) is 5.87. The molecule has 1 heteroatoms. The third kappa shape index (κ3) is 1.94. The van der Waals surface area contributed by atoms with Crippen molar-refractivity contribution in [2.45, 2.75) is 19.3 Å². The summed E-state index contributed by atoms with van der Waals surface area (Å²) in [5.74, 6) is 0. The lowest BCUT2D eigenvalue weighted by Gasteiger charge is -2.23. The molecule has 0 radical (unpaired) electrons. The molecule has 6 aromatic rings. The van der Waals surface area contributed by atoms with Gasteiger partial charge in [-0.3, -0.25) is 0 Å². The maximum atomic E-state index is 2.57. The molecular weight excluding hydrogens is 410 g/mol. The Labute approximate surface area is 197 Å². The fourth-order valence-corrected chi connectivity index (χ4v) is 7.12. The summed E-state index contributed by atoms with van der Waals surface area (Å²) in [5, 5.41) is 2.87. The first-order valence-corrected chi connectivity index (χ1v) is 12.3. The van der Waals surface area contributed by atoms with E-state index in [2.05, 4.69) is 95.6 Å². The largest absolute Gasteiger partial charge is 0.309 e. The number of nitrogens with zero attached hydrogens (tertiary/aromatic N) is 1. The minimum Gasteiger partial charge on any atom is -0.309 e. The van der Waals surface area contributed by atoms with Gasteiger partial charge in [-0.1, -0.05) is 72.8 Å². The van der Waals surface area contributed by atoms with Crippen LogP contribution in [0.5, 0.6) is 0 Å². The van der Waals surface area contributed by atoms with Crippen molar-refractivity contribution in [3.63, 3.8) is 0 Å². The smallest absolute Gasteiger partial charge is 0.0583 e. The van der Waals surface area contributed by atoms with E-state index in [1.807, 2.05) is 0 Å². The molecule has 0 unspecified atom stereocenters. The van der Waals surface area contributed by atoms with Crippen LogP contribution in [0.1, 0.15) is 33.4 Å². The Hall–Kier alpha value is -4.10. The van der Waals surface area contributed by atoms with Crippen LogP contribution in [0.25, 0.3) is 49.7 Å². The van der Waals surface area contributed by atoms with Gasteiger partial charge in [0.15, 0.2) is 0 Å². The molecule has 2 aliphatic carbocycles. The van der Waals surface area contributed by atoms with E-state index in [1.54, 1.807) is 0 Å². The molecule has 2 heterocycles. The zero-order chi connectivity index (χ0) is 22.0. The van der Waals surface area contributed by atoms with E-state index in [1.165, 1.54) is 83.1 Å². The molecule has 3 aliphatic rings. The van der Waals surface area contributed by atoms with Crippen LogP contribution in [0.15, 0.2) is 91.0 Å². The molecule has 0 spiro atoms. The average molecular weight is 432 g/mol. The zero-order valence-corrected chi connectivity index (χ0v) is 18.7. The summed E-state index contributed by atoms with van der Waals surface area (Å²) in [5.41, 5.74) is 18.7. The van der Waals surface area contributed by atoms with Gasteiger partial charge in [0.05, 0.1) is 11.0 Å². The van der Waals surface area contributed by atoms with Crippen LogP contribution in [-0.2, 0) is 19.3 Å². The lowest BCUT2D eigenvalue weighted by atomic mass is 9.89. The van der Waals surface area contributed by atoms with E-state index in [4.69, 9.17) is 0 Å². The summed E-state index contributed by atoms with van der Waals surface area (Å²) in [7, 11) is 0. The Bertz CT molecular complexity index is 1880. The van der Waals surface area contributed by atoms with Crippen LogP contribution in [0.4, 0.5) is 0 Å². The molecule has 0 atom stereocenters. The molecule has 1 aliphatic heterocycles. The van der Waals surface area contributed by atoms with Gasteiger partial charge >= 0.3 is 0 Å². The monoisotopic (exact) mass is 431 g/mol. The summed E-state index contributed by atoms with van der Waals surface area (Å²) in [6.07, 6.45) is 3.07. The molecule has 34 heavy (non-hydrogen) atoms. The molecule has 0 N–H and O–H groups in total. The first-order chi connectivity index (χ1) is 16.9. The quantitative estimate of drug-likeness (QED) is 0.231. The van der Waals surface area contributed by atoms with Crippen LogP contribution in [0.2, 0.25) is 0 Å². The van der Waals surface area contributed by atoms with Gasteiger partial charge in [0.2, 0.25) is 0 Å². The first-order valence-electron chi connectivity index (χ1n) is 12.3. The standard InChI is InChI=1S/C33H21N/c1-4-10-24-20(8-1)16-23-18-27-32-29(14-13-22-15-19-7-2-5-11-25(19)31(22)32)34-28-12-6-3-9-21(28)17-26(30(23)24)33(27)34/h1-14,18H,15-17H2. The van der Waals surface area contributed by atoms with Gasteiger partial charge in [0.1, 0.15) is 0 Å². The number of rotatable bonds is 0. The van der Waals surface area contributed by atoms with E-state index >= 15 is 0 Å². The van der Waals surface area contributed by atoms with Gasteiger partial charge in [-0.15, -0.1) is 0 Å². The van der Waals surface area contributed by atoms with E-state index in [0.717, 1.165) is 19.3 Å². The summed E-state index contributed by atoms with van der Waals surface area (Å²) < 4.78 is 2.57. The van der Waals surface area contributed by atoms with Crippen molar-refractivity contribution in [2.24, 2.45) is 0 Å². The Balaban J connectivity index is 1.53. The van der Waals surface area contributed by atoms with Gasteiger partial charge in [-0.25, -0.2) is 0 Å². The topological polar surface area (TPSA) is 4.93 Å². The maximum absolute atomic E-state index is 2.57. The minimum atomic E-state index is 0.999. The van der Waals surface area contributed by atoms with Gasteiger partial charge in [0.25, 0.3) is 0 Å². The number of benzene rings is 5. The van der Waals surface area contributed by atoms with E-state index in [0.29, 0.717) is 0 Å². The molecule has 0 fully saturated rings. The molecule has 0 amide bonds. The molecule has 5 aromatic carbocycles. The Kier molecular flexibility index (Phi) is 3.00. The Morgan fingerprint density at radius 2 is 1.21 bits per heavy atom. The molecular formula is C33H21N. The van der Waals surface area contributed by atoms with Crippen LogP contribution in [0, 0.1) is 0 Å². The number of fused-ring (bicyclic) bond motifs is 13. The van der Waals surface area contributed by atoms with Crippen molar-refractivity contribution in [2.75, 3.05) is 0 Å². The second-order valence-electron chi connectivity index (χ2n) is 10.1. The molecule has 158 valence electrons. The summed E-state index contributed by atoms with van der Waals surface area (Å²) in [6.45, 7) is 0. The van der Waals surface area contributed by atoms with Crippen LogP contribution in [0.3, 0.4) is 0 Å². The number of hydrogen-bond acceptors (Lipinski definition) is 0. The highest BCUT2D eigenvalue weighted by molar-refractivity contribution is 6.20. The lowest BCUT2D eigenvalue weighted by Crippen LogP contribution is -2.09. The molecule has 0 saturated carbocycles. The van der Waals surface area contributed by atoms with Crippen molar-refractivity contribution in [1.29, 1.82) is 0 Å².